The van der Waals surface area contributed by atoms with Gasteiger partial charge in [0, 0.05) is 12.6 Å². The third kappa shape index (κ3) is 3.87. The molecule has 21 heavy (non-hydrogen) atoms. The van der Waals surface area contributed by atoms with Gasteiger partial charge in [0.1, 0.15) is 0 Å². The van der Waals surface area contributed by atoms with Gasteiger partial charge >= 0.3 is 0 Å². The molecule has 2 saturated carbocycles. The van der Waals surface area contributed by atoms with Crippen LogP contribution in [0.4, 0.5) is 0 Å². The van der Waals surface area contributed by atoms with E-state index in [1.807, 2.05) is 0 Å². The number of rotatable bonds is 8. The lowest BCUT2D eigenvalue weighted by molar-refractivity contribution is 0.357. The van der Waals surface area contributed by atoms with Crippen molar-refractivity contribution < 1.29 is 0 Å². The van der Waals surface area contributed by atoms with Crippen LogP contribution in [-0.4, -0.2) is 13.1 Å². The SMILES string of the molecule is CC(C)c1ccc(C(CN)NCC(C2CC2)C2CC2)cc1. The molecule has 0 aliphatic heterocycles. The van der Waals surface area contributed by atoms with E-state index in [9.17, 15) is 0 Å². The fourth-order valence-electron chi connectivity index (χ4n) is 3.50. The lowest BCUT2D eigenvalue weighted by Crippen LogP contribution is -2.33. The molecular formula is C19H30N2. The summed E-state index contributed by atoms with van der Waals surface area (Å²) in [4.78, 5) is 0. The van der Waals surface area contributed by atoms with Crippen molar-refractivity contribution in [3.05, 3.63) is 35.4 Å². The minimum atomic E-state index is 0.311. The van der Waals surface area contributed by atoms with Gasteiger partial charge < -0.3 is 11.1 Å². The first-order chi connectivity index (χ1) is 10.2. The average molecular weight is 286 g/mol. The van der Waals surface area contributed by atoms with Crippen LogP contribution >= 0.6 is 0 Å². The lowest BCUT2D eigenvalue weighted by atomic mass is 9.96. The maximum absolute atomic E-state index is 6.01. The van der Waals surface area contributed by atoms with Crippen molar-refractivity contribution in [3.63, 3.8) is 0 Å². The van der Waals surface area contributed by atoms with Gasteiger partial charge in [0.15, 0.2) is 0 Å². The van der Waals surface area contributed by atoms with Crippen LogP contribution in [0, 0.1) is 17.8 Å². The Balaban J connectivity index is 1.58. The maximum atomic E-state index is 6.01. The van der Waals surface area contributed by atoms with E-state index in [1.165, 1.54) is 36.8 Å². The van der Waals surface area contributed by atoms with Crippen molar-refractivity contribution in [1.82, 2.24) is 5.32 Å². The Morgan fingerprint density at radius 1 is 1.00 bits per heavy atom. The van der Waals surface area contributed by atoms with Gasteiger partial charge in [-0.15, -0.1) is 0 Å². The van der Waals surface area contributed by atoms with E-state index < -0.39 is 0 Å². The van der Waals surface area contributed by atoms with E-state index in [0.717, 1.165) is 24.3 Å². The molecule has 2 aliphatic carbocycles. The van der Waals surface area contributed by atoms with E-state index in [2.05, 4.69) is 43.4 Å². The number of nitrogens with one attached hydrogen (secondary N) is 1. The molecule has 2 nitrogen and oxygen atoms in total. The molecule has 1 unspecified atom stereocenters. The normalized spacial score (nSPS) is 20.2. The summed E-state index contributed by atoms with van der Waals surface area (Å²) in [6, 6.07) is 9.32. The third-order valence-electron chi connectivity index (χ3n) is 5.30. The molecule has 1 aromatic rings. The van der Waals surface area contributed by atoms with Gasteiger partial charge in [-0.05, 0) is 67.0 Å². The summed E-state index contributed by atoms with van der Waals surface area (Å²) in [5.74, 6) is 3.52. The Morgan fingerprint density at radius 3 is 1.95 bits per heavy atom. The summed E-state index contributed by atoms with van der Waals surface area (Å²) in [6.45, 7) is 6.32. The molecule has 116 valence electrons. The van der Waals surface area contributed by atoms with Crippen LogP contribution < -0.4 is 11.1 Å². The molecule has 0 heterocycles. The quantitative estimate of drug-likeness (QED) is 0.762. The van der Waals surface area contributed by atoms with Crippen LogP contribution in [-0.2, 0) is 0 Å². The van der Waals surface area contributed by atoms with Gasteiger partial charge in [-0.1, -0.05) is 38.1 Å². The zero-order valence-electron chi connectivity index (χ0n) is 13.5. The summed E-state index contributed by atoms with van der Waals surface area (Å²) in [7, 11) is 0. The Labute approximate surface area is 129 Å². The molecule has 3 rings (SSSR count). The van der Waals surface area contributed by atoms with Gasteiger partial charge in [-0.3, -0.25) is 0 Å². The van der Waals surface area contributed by atoms with E-state index in [-0.39, 0.29) is 0 Å². The van der Waals surface area contributed by atoms with Gasteiger partial charge in [-0.2, -0.15) is 0 Å². The Kier molecular flexibility index (Phi) is 4.66. The molecule has 0 amide bonds. The van der Waals surface area contributed by atoms with Crippen molar-refractivity contribution in [3.8, 4) is 0 Å². The number of nitrogens with two attached hydrogens (primary N) is 1. The number of hydrogen-bond donors (Lipinski definition) is 2. The number of hydrogen-bond acceptors (Lipinski definition) is 2. The second kappa shape index (κ2) is 6.50. The van der Waals surface area contributed by atoms with Crippen LogP contribution in [0.3, 0.4) is 0 Å². The van der Waals surface area contributed by atoms with E-state index in [4.69, 9.17) is 5.73 Å². The van der Waals surface area contributed by atoms with Crippen molar-refractivity contribution >= 4 is 0 Å². The second-order valence-electron chi connectivity index (χ2n) is 7.36. The van der Waals surface area contributed by atoms with Crippen molar-refractivity contribution in [1.29, 1.82) is 0 Å². The monoisotopic (exact) mass is 286 g/mol. The zero-order chi connectivity index (χ0) is 14.8. The number of benzene rings is 1. The minimum absolute atomic E-state index is 0.311. The highest BCUT2D eigenvalue weighted by molar-refractivity contribution is 5.27. The van der Waals surface area contributed by atoms with E-state index in [1.54, 1.807) is 0 Å². The Hall–Kier alpha value is -0.860. The minimum Gasteiger partial charge on any atom is -0.329 e. The zero-order valence-corrected chi connectivity index (χ0v) is 13.5. The molecule has 0 saturated heterocycles. The highest BCUT2D eigenvalue weighted by Gasteiger charge is 2.41. The van der Waals surface area contributed by atoms with E-state index >= 15 is 0 Å². The predicted molar refractivity (Wildman–Crippen MR) is 89.3 cm³/mol. The van der Waals surface area contributed by atoms with Gasteiger partial charge in [0.25, 0.3) is 0 Å². The van der Waals surface area contributed by atoms with Crippen molar-refractivity contribution in [2.24, 2.45) is 23.5 Å². The Bertz CT molecular complexity index is 431. The van der Waals surface area contributed by atoms with Gasteiger partial charge in [0.2, 0.25) is 0 Å². The summed E-state index contributed by atoms with van der Waals surface area (Å²) in [5.41, 5.74) is 8.76. The van der Waals surface area contributed by atoms with Crippen LogP contribution in [0.15, 0.2) is 24.3 Å². The first kappa shape index (κ1) is 15.1. The standard InChI is InChI=1S/C19H30N2/c1-13(2)14-3-9-17(10-4-14)19(11-20)21-12-18(15-5-6-15)16-7-8-16/h3-4,9-10,13,15-16,18-19,21H,5-8,11-12,20H2,1-2H3. The molecule has 2 aliphatic rings. The van der Waals surface area contributed by atoms with Gasteiger partial charge in [-0.25, -0.2) is 0 Å². The molecule has 2 fully saturated rings. The second-order valence-corrected chi connectivity index (χ2v) is 7.36. The molecule has 0 bridgehead atoms. The highest BCUT2D eigenvalue weighted by Crippen LogP contribution is 2.48. The molecular weight excluding hydrogens is 256 g/mol. The van der Waals surface area contributed by atoms with Crippen LogP contribution in [0.2, 0.25) is 0 Å². The molecule has 2 heteroatoms. The summed E-state index contributed by atoms with van der Waals surface area (Å²) in [5, 5.41) is 3.75. The topological polar surface area (TPSA) is 38.0 Å². The highest BCUT2D eigenvalue weighted by atomic mass is 14.9. The first-order valence-corrected chi connectivity index (χ1v) is 8.72. The molecule has 1 aromatic carbocycles. The van der Waals surface area contributed by atoms with Gasteiger partial charge in [0.05, 0.1) is 0 Å². The molecule has 0 spiro atoms. The Morgan fingerprint density at radius 2 is 1.52 bits per heavy atom. The van der Waals surface area contributed by atoms with Crippen LogP contribution in [0.1, 0.15) is 62.6 Å². The molecule has 0 aromatic heterocycles. The largest absolute Gasteiger partial charge is 0.329 e. The van der Waals surface area contributed by atoms with Crippen molar-refractivity contribution in [2.45, 2.75) is 51.5 Å². The first-order valence-electron chi connectivity index (χ1n) is 8.72. The molecule has 1 atom stereocenters. The molecule has 3 N–H and O–H groups in total. The van der Waals surface area contributed by atoms with Crippen molar-refractivity contribution in [2.75, 3.05) is 13.1 Å². The molecule has 0 radical (unpaired) electrons. The smallest absolute Gasteiger partial charge is 0.0444 e. The fraction of sp³-hybridized carbons (Fsp3) is 0.684. The van der Waals surface area contributed by atoms with Crippen LogP contribution in [0.25, 0.3) is 0 Å². The average Bonchev–Trinajstić information content (AvgIpc) is 3.38. The third-order valence-corrected chi connectivity index (χ3v) is 5.30. The lowest BCUT2D eigenvalue weighted by Gasteiger charge is -2.23. The predicted octanol–water partition coefficient (Wildman–Crippen LogP) is 3.84. The maximum Gasteiger partial charge on any atom is 0.0444 e. The van der Waals surface area contributed by atoms with E-state index in [0.29, 0.717) is 18.5 Å². The summed E-state index contributed by atoms with van der Waals surface area (Å²) in [6.07, 6.45) is 5.83. The summed E-state index contributed by atoms with van der Waals surface area (Å²) < 4.78 is 0. The summed E-state index contributed by atoms with van der Waals surface area (Å²) >= 11 is 0. The van der Waals surface area contributed by atoms with Crippen LogP contribution in [0.5, 0.6) is 0 Å². The fourth-order valence-corrected chi connectivity index (χ4v) is 3.50.